The first kappa shape index (κ1) is 11.6. The van der Waals surface area contributed by atoms with Gasteiger partial charge in [-0.15, -0.1) is 0 Å². The van der Waals surface area contributed by atoms with Crippen LogP contribution in [0, 0.1) is 0 Å². The molecule has 0 N–H and O–H groups in total. The summed E-state index contributed by atoms with van der Waals surface area (Å²) in [6.45, 7) is 0. The largest absolute Gasteiger partial charge is 0.289 e. The van der Waals surface area contributed by atoms with Crippen molar-refractivity contribution < 1.29 is 4.79 Å². The molecule has 17 heavy (non-hydrogen) atoms. The molecule has 0 aliphatic rings. The Kier molecular flexibility index (Phi) is 3.68. The highest BCUT2D eigenvalue weighted by atomic mass is 35.5. The lowest BCUT2D eigenvalue weighted by atomic mass is 10.1. The molecule has 2 aromatic rings. The number of hydrogen-bond donors (Lipinski definition) is 0. The van der Waals surface area contributed by atoms with Gasteiger partial charge in [-0.1, -0.05) is 29.8 Å². The van der Waals surface area contributed by atoms with Gasteiger partial charge in [0.15, 0.2) is 5.78 Å². The van der Waals surface area contributed by atoms with Crippen molar-refractivity contribution in [1.82, 2.24) is 4.98 Å². The van der Waals surface area contributed by atoms with Crippen molar-refractivity contribution in [2.24, 2.45) is 0 Å². The third kappa shape index (κ3) is 3.02. The summed E-state index contributed by atoms with van der Waals surface area (Å²) in [5.41, 5.74) is 1.24. The standard InChI is InChI=1S/C14H10ClNO/c15-13-7-2-1-6-12(13)14(17)9-8-11-5-3-4-10-16-11/h1-10H/b9-8+. The number of halogens is 1. The first-order chi connectivity index (χ1) is 8.27. The maximum absolute atomic E-state index is 11.8. The zero-order valence-electron chi connectivity index (χ0n) is 9.01. The predicted octanol–water partition coefficient (Wildman–Crippen LogP) is 3.63. The lowest BCUT2D eigenvalue weighted by molar-refractivity contribution is 0.104. The van der Waals surface area contributed by atoms with Gasteiger partial charge in [-0.05, 0) is 36.4 Å². The summed E-state index contributed by atoms with van der Waals surface area (Å²) < 4.78 is 0. The molecule has 2 rings (SSSR count). The minimum atomic E-state index is -0.124. The Morgan fingerprint density at radius 2 is 1.88 bits per heavy atom. The molecule has 0 bridgehead atoms. The SMILES string of the molecule is O=C(/C=C/c1ccccn1)c1ccccc1Cl. The first-order valence-electron chi connectivity index (χ1n) is 5.15. The maximum Gasteiger partial charge on any atom is 0.187 e. The van der Waals surface area contributed by atoms with Gasteiger partial charge < -0.3 is 0 Å². The summed E-state index contributed by atoms with van der Waals surface area (Å²) in [7, 11) is 0. The van der Waals surface area contributed by atoms with Crippen molar-refractivity contribution in [3.8, 4) is 0 Å². The first-order valence-corrected chi connectivity index (χ1v) is 5.53. The fourth-order valence-corrected chi connectivity index (χ4v) is 1.62. The second-order valence-electron chi connectivity index (χ2n) is 3.43. The van der Waals surface area contributed by atoms with Crippen LogP contribution in [0.15, 0.2) is 54.7 Å². The number of allylic oxidation sites excluding steroid dienone is 1. The molecule has 84 valence electrons. The van der Waals surface area contributed by atoms with E-state index in [0.29, 0.717) is 10.6 Å². The van der Waals surface area contributed by atoms with Gasteiger partial charge in [0.25, 0.3) is 0 Å². The number of rotatable bonds is 3. The van der Waals surface area contributed by atoms with Gasteiger partial charge in [-0.25, -0.2) is 0 Å². The molecular weight excluding hydrogens is 234 g/mol. The van der Waals surface area contributed by atoms with Gasteiger partial charge in [0.05, 0.1) is 10.7 Å². The fourth-order valence-electron chi connectivity index (χ4n) is 1.39. The van der Waals surface area contributed by atoms with Crippen molar-refractivity contribution in [3.63, 3.8) is 0 Å². The number of nitrogens with zero attached hydrogens (tertiary/aromatic N) is 1. The third-order valence-corrected chi connectivity index (χ3v) is 2.56. The van der Waals surface area contributed by atoms with Crippen molar-refractivity contribution >= 4 is 23.5 Å². The van der Waals surface area contributed by atoms with Crippen molar-refractivity contribution in [1.29, 1.82) is 0 Å². The van der Waals surface area contributed by atoms with Gasteiger partial charge in [0, 0.05) is 11.8 Å². The molecule has 1 aromatic heterocycles. The zero-order valence-corrected chi connectivity index (χ0v) is 9.76. The quantitative estimate of drug-likeness (QED) is 0.609. The van der Waals surface area contributed by atoms with Gasteiger partial charge in [-0.2, -0.15) is 0 Å². The van der Waals surface area contributed by atoms with Gasteiger partial charge in [0.2, 0.25) is 0 Å². The molecule has 0 atom stereocenters. The normalized spacial score (nSPS) is 10.6. The smallest absolute Gasteiger partial charge is 0.187 e. The lowest BCUT2D eigenvalue weighted by Gasteiger charge is -1.98. The fraction of sp³-hybridized carbons (Fsp3) is 0. The highest BCUT2D eigenvalue weighted by Gasteiger charge is 2.05. The maximum atomic E-state index is 11.8. The van der Waals surface area contributed by atoms with E-state index >= 15 is 0 Å². The van der Waals surface area contributed by atoms with Crippen LogP contribution in [0.25, 0.3) is 6.08 Å². The molecule has 0 radical (unpaired) electrons. The van der Waals surface area contributed by atoms with E-state index in [4.69, 9.17) is 11.6 Å². The molecule has 0 saturated carbocycles. The zero-order chi connectivity index (χ0) is 12.1. The molecule has 0 unspecified atom stereocenters. The molecular formula is C14H10ClNO. The Labute approximate surface area is 105 Å². The minimum Gasteiger partial charge on any atom is -0.289 e. The van der Waals surface area contributed by atoms with E-state index in [2.05, 4.69) is 4.98 Å². The second-order valence-corrected chi connectivity index (χ2v) is 3.84. The van der Waals surface area contributed by atoms with Crippen molar-refractivity contribution in [2.45, 2.75) is 0 Å². The number of aromatic nitrogens is 1. The Hall–Kier alpha value is -1.93. The van der Waals surface area contributed by atoms with E-state index in [0.717, 1.165) is 5.69 Å². The van der Waals surface area contributed by atoms with E-state index in [1.165, 1.54) is 6.08 Å². The minimum absolute atomic E-state index is 0.124. The van der Waals surface area contributed by atoms with Crippen LogP contribution in [0.5, 0.6) is 0 Å². The van der Waals surface area contributed by atoms with E-state index in [9.17, 15) is 4.79 Å². The van der Waals surface area contributed by atoms with Crippen LogP contribution in [0.3, 0.4) is 0 Å². The molecule has 0 saturated heterocycles. The Balaban J connectivity index is 2.18. The van der Waals surface area contributed by atoms with Crippen LogP contribution < -0.4 is 0 Å². The number of ketones is 1. The van der Waals surface area contributed by atoms with Crippen LogP contribution in [0.4, 0.5) is 0 Å². The van der Waals surface area contributed by atoms with E-state index < -0.39 is 0 Å². The van der Waals surface area contributed by atoms with E-state index in [-0.39, 0.29) is 5.78 Å². The molecule has 0 aliphatic carbocycles. The summed E-state index contributed by atoms with van der Waals surface area (Å²) in [4.78, 5) is 15.9. The summed E-state index contributed by atoms with van der Waals surface area (Å²) in [6, 6.07) is 12.5. The van der Waals surface area contributed by atoms with Crippen LogP contribution in [0.1, 0.15) is 16.1 Å². The van der Waals surface area contributed by atoms with Gasteiger partial charge in [0.1, 0.15) is 0 Å². The summed E-state index contributed by atoms with van der Waals surface area (Å²) in [5, 5.41) is 0.461. The van der Waals surface area contributed by atoms with E-state index in [1.807, 2.05) is 18.2 Å². The van der Waals surface area contributed by atoms with Crippen LogP contribution >= 0.6 is 11.6 Å². The number of benzene rings is 1. The van der Waals surface area contributed by atoms with Crippen LogP contribution in [-0.4, -0.2) is 10.8 Å². The lowest BCUT2D eigenvalue weighted by Crippen LogP contribution is -1.94. The van der Waals surface area contributed by atoms with Crippen molar-refractivity contribution in [3.05, 3.63) is 71.0 Å². The Morgan fingerprint density at radius 1 is 1.12 bits per heavy atom. The predicted molar refractivity (Wildman–Crippen MR) is 69.1 cm³/mol. The number of carbonyl (C=O) groups excluding carboxylic acids is 1. The number of pyridine rings is 1. The highest BCUT2D eigenvalue weighted by molar-refractivity contribution is 6.34. The summed E-state index contributed by atoms with van der Waals surface area (Å²) in [6.07, 6.45) is 4.83. The molecule has 0 fully saturated rings. The highest BCUT2D eigenvalue weighted by Crippen LogP contribution is 2.16. The van der Waals surface area contributed by atoms with Crippen LogP contribution in [-0.2, 0) is 0 Å². The topological polar surface area (TPSA) is 30.0 Å². The van der Waals surface area contributed by atoms with Crippen molar-refractivity contribution in [2.75, 3.05) is 0 Å². The molecule has 0 amide bonds. The molecule has 2 nitrogen and oxygen atoms in total. The van der Waals surface area contributed by atoms with Gasteiger partial charge >= 0.3 is 0 Å². The summed E-state index contributed by atoms with van der Waals surface area (Å²) in [5.74, 6) is -0.124. The Bertz CT molecular complexity index is 549. The van der Waals surface area contributed by atoms with Crippen LogP contribution in [0.2, 0.25) is 5.02 Å². The molecule has 1 heterocycles. The Morgan fingerprint density at radius 3 is 2.59 bits per heavy atom. The number of hydrogen-bond acceptors (Lipinski definition) is 2. The van der Waals surface area contributed by atoms with Gasteiger partial charge in [-0.3, -0.25) is 9.78 Å². The van der Waals surface area contributed by atoms with E-state index in [1.54, 1.807) is 36.5 Å². The molecule has 0 spiro atoms. The summed E-state index contributed by atoms with van der Waals surface area (Å²) >= 11 is 5.93. The number of carbonyl (C=O) groups is 1. The molecule has 3 heteroatoms. The monoisotopic (exact) mass is 243 g/mol. The third-order valence-electron chi connectivity index (χ3n) is 2.23. The molecule has 0 aliphatic heterocycles. The second kappa shape index (κ2) is 5.41. The average Bonchev–Trinajstić information content (AvgIpc) is 2.38. The molecule has 1 aromatic carbocycles. The average molecular weight is 244 g/mol.